The molecule has 0 spiro atoms. The van der Waals surface area contributed by atoms with Crippen LogP contribution in [-0.2, 0) is 10.8 Å². The van der Waals surface area contributed by atoms with Gasteiger partial charge >= 0.3 is 0 Å². The molecule has 342 valence electrons. The molecule has 2 aliphatic heterocycles. The number of fused-ring (bicyclic) bond motifs is 4. The summed E-state index contributed by atoms with van der Waals surface area (Å²) >= 11 is 0. The number of hydrogen-bond donors (Lipinski definition) is 0. The van der Waals surface area contributed by atoms with Crippen LogP contribution in [0.25, 0.3) is 55.8 Å². The van der Waals surface area contributed by atoms with Gasteiger partial charge in [0.25, 0.3) is 6.71 Å². The predicted octanol–water partition coefficient (Wildman–Crippen LogP) is 16.1. The van der Waals surface area contributed by atoms with Crippen molar-refractivity contribution < 1.29 is 0 Å². The van der Waals surface area contributed by atoms with E-state index in [0.717, 1.165) is 34.0 Å². The number of pyridine rings is 1. The van der Waals surface area contributed by atoms with Gasteiger partial charge in [0.15, 0.2) is 0 Å². The topological polar surface area (TPSA) is 19.4 Å². The molecule has 0 N–H and O–H groups in total. The zero-order valence-electron chi connectivity index (χ0n) is 41.4. The number of aromatic nitrogens is 1. The molecular formula is C67H56BN3. The first kappa shape index (κ1) is 44.0. The van der Waals surface area contributed by atoms with Crippen molar-refractivity contribution in [3.8, 4) is 55.8 Å². The van der Waals surface area contributed by atoms with E-state index in [9.17, 15) is 0 Å². The van der Waals surface area contributed by atoms with Crippen LogP contribution in [0.1, 0.15) is 52.7 Å². The van der Waals surface area contributed by atoms with Gasteiger partial charge in [-0.25, -0.2) is 0 Å². The van der Waals surface area contributed by atoms with E-state index in [4.69, 9.17) is 4.98 Å². The first-order chi connectivity index (χ1) is 34.5. The van der Waals surface area contributed by atoms with Gasteiger partial charge in [0.1, 0.15) is 0 Å². The average Bonchev–Trinajstić information content (AvgIpc) is 3.40. The Balaban J connectivity index is 1.22. The molecule has 3 nitrogen and oxygen atoms in total. The number of benzene rings is 9. The number of hydrogen-bond acceptors (Lipinski definition) is 3. The first-order valence-corrected chi connectivity index (χ1v) is 25.0. The Labute approximate surface area is 419 Å². The van der Waals surface area contributed by atoms with Crippen molar-refractivity contribution in [3.05, 3.63) is 242 Å². The van der Waals surface area contributed by atoms with Crippen molar-refractivity contribution in [1.82, 2.24) is 4.98 Å². The Morgan fingerprint density at radius 1 is 0.324 bits per heavy atom. The molecule has 10 aromatic rings. The van der Waals surface area contributed by atoms with Crippen molar-refractivity contribution >= 4 is 57.2 Å². The summed E-state index contributed by atoms with van der Waals surface area (Å²) in [6.45, 7) is 13.9. The quantitative estimate of drug-likeness (QED) is 0.149. The fourth-order valence-electron chi connectivity index (χ4n) is 10.8. The summed E-state index contributed by atoms with van der Waals surface area (Å²) in [7, 11) is 0. The van der Waals surface area contributed by atoms with E-state index >= 15 is 0 Å². The molecule has 2 aliphatic rings. The maximum atomic E-state index is 5.07. The lowest BCUT2D eigenvalue weighted by molar-refractivity contribution is 0.590. The van der Waals surface area contributed by atoms with E-state index in [2.05, 4.69) is 270 Å². The molecule has 0 fully saturated rings. The molecule has 1 aromatic heterocycles. The summed E-state index contributed by atoms with van der Waals surface area (Å²) in [5.74, 6) is 0. The molecule has 0 radical (unpaired) electrons. The molecule has 0 bridgehead atoms. The molecule has 3 heterocycles. The summed E-state index contributed by atoms with van der Waals surface area (Å²) in [6, 6.07) is 83.3. The summed E-state index contributed by atoms with van der Waals surface area (Å²) in [4.78, 5) is 10.2. The lowest BCUT2D eigenvalue weighted by atomic mass is 9.33. The molecule has 9 aromatic carbocycles. The van der Waals surface area contributed by atoms with Crippen LogP contribution in [0.2, 0.25) is 0 Å². The van der Waals surface area contributed by atoms with Gasteiger partial charge in [-0.05, 0) is 156 Å². The van der Waals surface area contributed by atoms with Gasteiger partial charge in [-0.1, -0.05) is 193 Å². The second kappa shape index (κ2) is 17.3. The zero-order chi connectivity index (χ0) is 48.4. The summed E-state index contributed by atoms with van der Waals surface area (Å²) in [6.07, 6.45) is 1.92. The van der Waals surface area contributed by atoms with E-state index in [1.165, 1.54) is 83.4 Å². The van der Waals surface area contributed by atoms with E-state index in [0.29, 0.717) is 0 Å². The van der Waals surface area contributed by atoms with E-state index in [-0.39, 0.29) is 17.5 Å². The summed E-state index contributed by atoms with van der Waals surface area (Å²) < 4.78 is 0. The van der Waals surface area contributed by atoms with Crippen LogP contribution < -0.4 is 26.2 Å². The SMILES string of the molecule is CC(C)(C)c1ccc2c(c1)N(c1cc(-c3ccccc3)cc(-c3ccccc3)c1)c1cc(-c3ccccn3)cc3c1B2c1ccc(C(C)(C)C)cc1N3c1cc(-c2ccccc2)cc(-c2ccccc2)c1. The van der Waals surface area contributed by atoms with Crippen molar-refractivity contribution in [1.29, 1.82) is 0 Å². The zero-order valence-corrected chi connectivity index (χ0v) is 41.4. The fraction of sp³-hybridized carbons (Fsp3) is 0.119. The molecule has 0 unspecified atom stereocenters. The Morgan fingerprint density at radius 2 is 0.690 bits per heavy atom. The Kier molecular flexibility index (Phi) is 10.7. The van der Waals surface area contributed by atoms with Crippen LogP contribution in [0.3, 0.4) is 0 Å². The van der Waals surface area contributed by atoms with Gasteiger partial charge < -0.3 is 9.80 Å². The maximum Gasteiger partial charge on any atom is 0.252 e. The standard InChI is InChI=1S/C67H56BN3/c1-66(2,3)54-30-32-58-61(43-54)70(56-37-49(45-21-11-7-12-22-45)35-50(38-56)46-23-13-8-14-24-46)63-41-53(60-29-19-20-34-69-60)42-64-65(63)68(58)59-33-31-55(67(4,5)6)44-62(59)71(64)57-39-51(47-25-15-9-16-26-47)36-52(40-57)48-27-17-10-18-28-48/h7-44H,1-6H3. The summed E-state index contributed by atoms with van der Waals surface area (Å²) in [5, 5.41) is 0. The van der Waals surface area contributed by atoms with Gasteiger partial charge in [-0.3, -0.25) is 4.98 Å². The third kappa shape index (κ3) is 8.04. The molecule has 0 saturated carbocycles. The van der Waals surface area contributed by atoms with Crippen LogP contribution >= 0.6 is 0 Å². The van der Waals surface area contributed by atoms with Gasteiger partial charge in [0.2, 0.25) is 0 Å². The van der Waals surface area contributed by atoms with Crippen LogP contribution in [0.5, 0.6) is 0 Å². The highest BCUT2D eigenvalue weighted by Crippen LogP contribution is 2.49. The lowest BCUT2D eigenvalue weighted by Crippen LogP contribution is -2.61. The Bertz CT molecular complexity index is 3260. The Hall–Kier alpha value is -8.21. The highest BCUT2D eigenvalue weighted by Gasteiger charge is 2.44. The molecule has 12 rings (SSSR count). The van der Waals surface area contributed by atoms with Crippen LogP contribution in [-0.4, -0.2) is 11.7 Å². The fourth-order valence-corrected chi connectivity index (χ4v) is 10.8. The lowest BCUT2D eigenvalue weighted by Gasteiger charge is -2.45. The van der Waals surface area contributed by atoms with Crippen molar-refractivity contribution in [2.45, 2.75) is 52.4 Å². The molecule has 0 aliphatic carbocycles. The minimum Gasteiger partial charge on any atom is -0.311 e. The average molecular weight is 914 g/mol. The number of rotatable bonds is 7. The molecular weight excluding hydrogens is 858 g/mol. The monoisotopic (exact) mass is 913 g/mol. The van der Waals surface area contributed by atoms with Crippen LogP contribution in [0, 0.1) is 0 Å². The minimum absolute atomic E-state index is 0.0601. The van der Waals surface area contributed by atoms with Gasteiger partial charge in [-0.15, -0.1) is 0 Å². The van der Waals surface area contributed by atoms with Crippen molar-refractivity contribution in [3.63, 3.8) is 0 Å². The largest absolute Gasteiger partial charge is 0.311 e. The van der Waals surface area contributed by atoms with E-state index < -0.39 is 0 Å². The highest BCUT2D eigenvalue weighted by atomic mass is 15.2. The van der Waals surface area contributed by atoms with E-state index in [1.807, 2.05) is 12.3 Å². The van der Waals surface area contributed by atoms with Crippen LogP contribution in [0.15, 0.2) is 231 Å². The maximum absolute atomic E-state index is 5.07. The predicted molar refractivity (Wildman–Crippen MR) is 303 cm³/mol. The summed E-state index contributed by atoms with van der Waals surface area (Å²) in [5.41, 5.74) is 24.5. The van der Waals surface area contributed by atoms with Crippen molar-refractivity contribution in [2.24, 2.45) is 0 Å². The number of nitrogens with zero attached hydrogens (tertiary/aromatic N) is 3. The van der Waals surface area contributed by atoms with Crippen molar-refractivity contribution in [2.75, 3.05) is 9.80 Å². The van der Waals surface area contributed by atoms with Gasteiger partial charge in [-0.2, -0.15) is 0 Å². The smallest absolute Gasteiger partial charge is 0.252 e. The third-order valence-electron chi connectivity index (χ3n) is 14.5. The molecule has 0 amide bonds. The van der Waals surface area contributed by atoms with Gasteiger partial charge in [0.05, 0.1) is 5.69 Å². The second-order valence-electron chi connectivity index (χ2n) is 21.3. The number of anilines is 6. The second-order valence-corrected chi connectivity index (χ2v) is 21.3. The van der Waals surface area contributed by atoms with E-state index in [1.54, 1.807) is 0 Å². The first-order valence-electron chi connectivity index (χ1n) is 25.0. The Morgan fingerprint density at radius 3 is 1.03 bits per heavy atom. The van der Waals surface area contributed by atoms with Gasteiger partial charge in [0, 0.05) is 45.9 Å². The van der Waals surface area contributed by atoms with Crippen LogP contribution in [0.4, 0.5) is 34.1 Å². The molecule has 0 saturated heterocycles. The normalized spacial score (nSPS) is 12.8. The molecule has 0 atom stereocenters. The molecule has 4 heteroatoms. The minimum atomic E-state index is -0.0911. The third-order valence-corrected chi connectivity index (χ3v) is 14.5. The highest BCUT2D eigenvalue weighted by molar-refractivity contribution is 7.00. The molecule has 71 heavy (non-hydrogen) atoms.